The van der Waals surface area contributed by atoms with Crippen molar-refractivity contribution in [2.45, 2.75) is 31.9 Å². The third-order valence-electron chi connectivity index (χ3n) is 6.98. The number of methoxy groups -OCH3 is 1. The molecule has 2 heterocycles. The van der Waals surface area contributed by atoms with Crippen molar-refractivity contribution in [3.05, 3.63) is 70.6 Å². The van der Waals surface area contributed by atoms with Crippen LogP contribution in [0, 0.1) is 29.5 Å². The van der Waals surface area contributed by atoms with Crippen LogP contribution in [0.15, 0.2) is 48.7 Å². The summed E-state index contributed by atoms with van der Waals surface area (Å²) in [6.45, 7) is 1.77. The summed E-state index contributed by atoms with van der Waals surface area (Å²) in [6, 6.07) is 11.5. The highest BCUT2D eigenvalue weighted by Crippen LogP contribution is 2.36. The highest BCUT2D eigenvalue weighted by molar-refractivity contribution is 6.30. The standard InChI is InChI=1S/C29H29ClF2N2O3/c1-37-22-6-9-28-24(17-22)23(10-12-33-28)26(31)8-5-20-11-14-34(18-21(20)16-29(35)36)13-2-3-19-4-7-25(30)27(32)15-19/h4,6-7,9-10,12,15,17,20-21,26H,5,8,11,13-14,16,18H2,1H3,(H,35,36)/t20-,21+,26+/m1/s1. The molecule has 1 aliphatic rings. The maximum Gasteiger partial charge on any atom is 0.303 e. The summed E-state index contributed by atoms with van der Waals surface area (Å²) in [5.74, 6) is 5.27. The molecular formula is C29H29ClF2N2O3. The number of hydrogen-bond donors (Lipinski definition) is 1. The Bertz CT molecular complexity index is 1320. The van der Waals surface area contributed by atoms with Gasteiger partial charge in [-0.25, -0.2) is 8.78 Å². The molecule has 0 unspecified atom stereocenters. The first-order valence-corrected chi connectivity index (χ1v) is 12.7. The number of likely N-dealkylation sites (tertiary alicyclic amines) is 1. The second-order valence-electron chi connectivity index (χ2n) is 9.40. The monoisotopic (exact) mass is 526 g/mol. The third kappa shape index (κ3) is 6.97. The molecule has 1 aliphatic heterocycles. The van der Waals surface area contributed by atoms with Gasteiger partial charge in [-0.3, -0.25) is 14.7 Å². The minimum absolute atomic E-state index is 0.0311. The highest BCUT2D eigenvalue weighted by Gasteiger charge is 2.31. The lowest BCUT2D eigenvalue weighted by Crippen LogP contribution is -2.41. The van der Waals surface area contributed by atoms with E-state index in [0.29, 0.717) is 48.3 Å². The summed E-state index contributed by atoms with van der Waals surface area (Å²) in [4.78, 5) is 18.0. The molecule has 1 saturated heterocycles. The summed E-state index contributed by atoms with van der Waals surface area (Å²) in [5.41, 5.74) is 1.82. The van der Waals surface area contributed by atoms with Crippen molar-refractivity contribution in [3.8, 4) is 17.6 Å². The molecule has 0 saturated carbocycles. The third-order valence-corrected chi connectivity index (χ3v) is 7.28. The van der Waals surface area contributed by atoms with E-state index in [1.807, 2.05) is 6.07 Å². The molecule has 194 valence electrons. The zero-order valence-electron chi connectivity index (χ0n) is 20.6. The number of hydrogen-bond acceptors (Lipinski definition) is 4. The normalized spacial score (nSPS) is 18.7. The maximum absolute atomic E-state index is 15.5. The first-order chi connectivity index (χ1) is 17.8. The number of aliphatic carboxylic acids is 1. The van der Waals surface area contributed by atoms with E-state index in [1.54, 1.807) is 37.6 Å². The molecule has 1 aromatic heterocycles. The number of halogens is 3. The minimum atomic E-state index is -1.19. The smallest absolute Gasteiger partial charge is 0.303 e. The molecule has 3 atom stereocenters. The number of benzene rings is 2. The first kappa shape index (κ1) is 26.8. The molecule has 3 aromatic rings. The van der Waals surface area contributed by atoms with Gasteiger partial charge in [0.1, 0.15) is 17.7 Å². The summed E-state index contributed by atoms with van der Waals surface area (Å²) >= 11 is 5.71. The molecule has 0 amide bonds. The topological polar surface area (TPSA) is 62.7 Å². The number of aromatic nitrogens is 1. The Morgan fingerprint density at radius 2 is 2.11 bits per heavy atom. The van der Waals surface area contributed by atoms with Gasteiger partial charge >= 0.3 is 5.97 Å². The van der Waals surface area contributed by atoms with Gasteiger partial charge in [0.15, 0.2) is 0 Å². The number of alkyl halides is 1. The molecule has 4 rings (SSSR count). The second-order valence-corrected chi connectivity index (χ2v) is 9.81. The number of fused-ring (bicyclic) bond motifs is 1. The van der Waals surface area contributed by atoms with Crippen molar-refractivity contribution < 1.29 is 23.4 Å². The van der Waals surface area contributed by atoms with Crippen LogP contribution in [0.25, 0.3) is 10.9 Å². The van der Waals surface area contributed by atoms with Crippen molar-refractivity contribution in [2.75, 3.05) is 26.7 Å². The predicted molar refractivity (Wildman–Crippen MR) is 140 cm³/mol. The lowest BCUT2D eigenvalue weighted by Gasteiger charge is -2.37. The molecule has 2 aromatic carbocycles. The van der Waals surface area contributed by atoms with Gasteiger partial charge in [0.05, 0.1) is 24.2 Å². The van der Waals surface area contributed by atoms with Crippen molar-refractivity contribution in [3.63, 3.8) is 0 Å². The fraction of sp³-hybridized carbons (Fsp3) is 0.379. The summed E-state index contributed by atoms with van der Waals surface area (Å²) in [7, 11) is 1.57. The van der Waals surface area contributed by atoms with Gasteiger partial charge in [-0.2, -0.15) is 0 Å². The van der Waals surface area contributed by atoms with Gasteiger partial charge in [0, 0.05) is 30.1 Å². The van der Waals surface area contributed by atoms with Gasteiger partial charge in [-0.1, -0.05) is 23.4 Å². The number of ether oxygens (including phenoxy) is 1. The average molecular weight is 527 g/mol. The van der Waals surface area contributed by atoms with Crippen LogP contribution >= 0.6 is 11.6 Å². The molecule has 0 radical (unpaired) electrons. The van der Waals surface area contributed by atoms with E-state index in [4.69, 9.17) is 16.3 Å². The van der Waals surface area contributed by atoms with E-state index in [0.717, 1.165) is 18.4 Å². The van der Waals surface area contributed by atoms with Crippen LogP contribution in [0.2, 0.25) is 5.02 Å². The van der Waals surface area contributed by atoms with Gasteiger partial charge in [-0.05, 0) is 85.7 Å². The van der Waals surface area contributed by atoms with Crippen LogP contribution in [0.3, 0.4) is 0 Å². The number of carbonyl (C=O) groups is 1. The van der Waals surface area contributed by atoms with E-state index in [-0.39, 0.29) is 23.3 Å². The zero-order chi connectivity index (χ0) is 26.4. The second kappa shape index (κ2) is 12.4. The van der Waals surface area contributed by atoms with Gasteiger partial charge in [0.25, 0.3) is 0 Å². The van der Waals surface area contributed by atoms with Gasteiger partial charge in [0.2, 0.25) is 0 Å². The molecule has 1 N–H and O–H groups in total. The van der Waals surface area contributed by atoms with Crippen LogP contribution in [0.1, 0.15) is 43.0 Å². The number of pyridine rings is 1. The Kier molecular flexibility index (Phi) is 8.96. The number of carboxylic acid groups (broad SMARTS) is 1. The van der Waals surface area contributed by atoms with Crippen LogP contribution in [0.4, 0.5) is 8.78 Å². The molecular weight excluding hydrogens is 498 g/mol. The van der Waals surface area contributed by atoms with E-state index < -0.39 is 18.0 Å². The van der Waals surface area contributed by atoms with Crippen LogP contribution in [-0.2, 0) is 4.79 Å². The largest absolute Gasteiger partial charge is 0.497 e. The summed E-state index contributed by atoms with van der Waals surface area (Å²) < 4.78 is 34.4. The molecule has 5 nitrogen and oxygen atoms in total. The molecule has 0 aliphatic carbocycles. The Balaban J connectivity index is 1.39. The van der Waals surface area contributed by atoms with E-state index >= 15 is 4.39 Å². The molecule has 0 spiro atoms. The van der Waals surface area contributed by atoms with Gasteiger partial charge < -0.3 is 9.84 Å². The molecule has 37 heavy (non-hydrogen) atoms. The number of rotatable bonds is 8. The van der Waals surface area contributed by atoms with Crippen LogP contribution in [0.5, 0.6) is 5.75 Å². The maximum atomic E-state index is 15.5. The van der Waals surface area contributed by atoms with Crippen molar-refractivity contribution >= 4 is 28.5 Å². The van der Waals surface area contributed by atoms with Crippen molar-refractivity contribution in [1.82, 2.24) is 9.88 Å². The summed E-state index contributed by atoms with van der Waals surface area (Å²) in [6.07, 6.45) is 2.12. The van der Waals surface area contributed by atoms with Crippen molar-refractivity contribution in [2.24, 2.45) is 11.8 Å². The SMILES string of the molecule is COc1ccc2nccc([C@@H](F)CC[C@@H]3CCN(CC#Cc4ccc(Cl)c(F)c4)C[C@@H]3CC(=O)O)c2c1. The van der Waals surface area contributed by atoms with E-state index in [9.17, 15) is 14.3 Å². The predicted octanol–water partition coefficient (Wildman–Crippen LogP) is 6.29. The van der Waals surface area contributed by atoms with Crippen LogP contribution < -0.4 is 4.74 Å². The quantitative estimate of drug-likeness (QED) is 0.349. The molecule has 1 fully saturated rings. The number of carboxylic acids is 1. The average Bonchev–Trinajstić information content (AvgIpc) is 2.89. The lowest BCUT2D eigenvalue weighted by atomic mass is 9.79. The number of piperidine rings is 1. The fourth-order valence-electron chi connectivity index (χ4n) is 5.03. The Morgan fingerprint density at radius 3 is 2.86 bits per heavy atom. The van der Waals surface area contributed by atoms with Crippen molar-refractivity contribution in [1.29, 1.82) is 0 Å². The Labute approximate surface area is 220 Å². The lowest BCUT2D eigenvalue weighted by molar-refractivity contribution is -0.139. The Morgan fingerprint density at radius 1 is 1.27 bits per heavy atom. The zero-order valence-corrected chi connectivity index (χ0v) is 21.3. The van der Waals surface area contributed by atoms with E-state index in [1.165, 1.54) is 12.1 Å². The molecule has 8 heteroatoms. The highest BCUT2D eigenvalue weighted by atomic mass is 35.5. The number of nitrogens with zero attached hydrogens (tertiary/aromatic N) is 2. The molecule has 0 bridgehead atoms. The van der Waals surface area contributed by atoms with Gasteiger partial charge in [-0.15, -0.1) is 0 Å². The van der Waals surface area contributed by atoms with E-state index in [2.05, 4.69) is 21.7 Å². The first-order valence-electron chi connectivity index (χ1n) is 12.3. The summed E-state index contributed by atoms with van der Waals surface area (Å²) in [5, 5.41) is 10.3. The fourth-order valence-corrected chi connectivity index (χ4v) is 5.14. The minimum Gasteiger partial charge on any atom is -0.497 e. The Hall–Kier alpha value is -3.21. The van der Waals surface area contributed by atoms with Crippen LogP contribution in [-0.4, -0.2) is 47.7 Å².